The number of fused-ring (bicyclic) bond motifs is 1. The fourth-order valence-corrected chi connectivity index (χ4v) is 3.38. The van der Waals surface area contributed by atoms with Crippen molar-refractivity contribution in [2.45, 2.75) is 31.2 Å². The van der Waals surface area contributed by atoms with Gasteiger partial charge in [-0.3, -0.25) is 0 Å². The first-order valence-electron chi connectivity index (χ1n) is 8.94. The van der Waals surface area contributed by atoms with Gasteiger partial charge in [0.1, 0.15) is 11.6 Å². The van der Waals surface area contributed by atoms with Gasteiger partial charge in [0.2, 0.25) is 0 Å². The van der Waals surface area contributed by atoms with E-state index in [-0.39, 0.29) is 24.6 Å². The fourth-order valence-electron chi connectivity index (χ4n) is 3.38. The number of ether oxygens (including phenoxy) is 1. The third-order valence-electron chi connectivity index (χ3n) is 4.70. The van der Waals surface area contributed by atoms with E-state index in [9.17, 15) is 18.7 Å². The van der Waals surface area contributed by atoms with Gasteiger partial charge in [0, 0.05) is 12.6 Å². The van der Waals surface area contributed by atoms with Crippen LogP contribution in [0.2, 0.25) is 0 Å². The highest BCUT2D eigenvalue weighted by Crippen LogP contribution is 2.24. The minimum atomic E-state index is -1.33. The molecule has 3 rings (SSSR count). The van der Waals surface area contributed by atoms with Crippen LogP contribution in [-0.4, -0.2) is 41.6 Å². The first-order valence-corrected chi connectivity index (χ1v) is 8.94. The lowest BCUT2D eigenvalue weighted by Crippen LogP contribution is -2.49. The molecule has 0 fully saturated rings. The summed E-state index contributed by atoms with van der Waals surface area (Å²) in [4.78, 5) is 11.1. The Balaban J connectivity index is 1.66. The van der Waals surface area contributed by atoms with Crippen molar-refractivity contribution in [3.63, 3.8) is 0 Å². The number of aliphatic hydroxyl groups is 1. The number of benzene rings is 2. The molecule has 1 unspecified atom stereocenters. The van der Waals surface area contributed by atoms with Crippen LogP contribution in [0.1, 0.15) is 22.7 Å². The highest BCUT2D eigenvalue weighted by atomic mass is 19.1. The number of rotatable bonds is 7. The first-order chi connectivity index (χ1) is 13.4. The molecule has 8 heteroatoms. The van der Waals surface area contributed by atoms with Gasteiger partial charge in [0.15, 0.2) is 0 Å². The van der Waals surface area contributed by atoms with Gasteiger partial charge in [-0.05, 0) is 35.2 Å². The van der Waals surface area contributed by atoms with Gasteiger partial charge in [0.25, 0.3) is 0 Å². The van der Waals surface area contributed by atoms with Crippen LogP contribution < -0.4 is 10.6 Å². The number of carbonyl (C=O) groups is 1. The van der Waals surface area contributed by atoms with Crippen LogP contribution >= 0.6 is 0 Å². The lowest BCUT2D eigenvalue weighted by molar-refractivity contribution is 0.0698. The van der Waals surface area contributed by atoms with Crippen LogP contribution in [0.4, 0.5) is 13.6 Å². The molecule has 0 radical (unpaired) electrons. The quantitative estimate of drug-likeness (QED) is 0.581. The number of hydrogen-bond acceptors (Lipinski definition) is 4. The Morgan fingerprint density at radius 2 is 1.93 bits per heavy atom. The zero-order valence-electron chi connectivity index (χ0n) is 15.1. The highest BCUT2D eigenvalue weighted by Gasteiger charge is 2.25. The number of aliphatic hydroxyl groups excluding tert-OH is 1. The van der Waals surface area contributed by atoms with Crippen LogP contribution in [0.5, 0.6) is 0 Å². The molecule has 0 bridgehead atoms. The lowest BCUT2D eigenvalue weighted by atomic mass is 9.97. The molecule has 3 atom stereocenters. The molecule has 2 aromatic carbocycles. The largest absolute Gasteiger partial charge is 0.465 e. The predicted molar refractivity (Wildman–Crippen MR) is 97.9 cm³/mol. The van der Waals surface area contributed by atoms with Crippen molar-refractivity contribution in [3.05, 3.63) is 70.8 Å². The third kappa shape index (κ3) is 5.25. The van der Waals surface area contributed by atoms with E-state index in [0.717, 1.165) is 29.3 Å². The number of amides is 1. The Labute approximate surface area is 161 Å². The van der Waals surface area contributed by atoms with Gasteiger partial charge in [-0.25, -0.2) is 13.6 Å². The Kier molecular flexibility index (Phi) is 6.56. The van der Waals surface area contributed by atoms with E-state index in [1.807, 2.05) is 24.3 Å². The molecule has 28 heavy (non-hydrogen) atoms. The molecule has 1 aliphatic heterocycles. The Morgan fingerprint density at radius 3 is 2.64 bits per heavy atom. The maximum atomic E-state index is 13.4. The van der Waals surface area contributed by atoms with Crippen molar-refractivity contribution in [2.75, 3.05) is 13.2 Å². The second kappa shape index (κ2) is 9.09. The first kappa shape index (κ1) is 20.2. The van der Waals surface area contributed by atoms with Gasteiger partial charge in [-0.15, -0.1) is 0 Å². The predicted octanol–water partition coefficient (Wildman–Crippen LogP) is 2.37. The summed E-state index contributed by atoms with van der Waals surface area (Å²) in [6.45, 7) is 1.02. The van der Waals surface area contributed by atoms with Crippen molar-refractivity contribution in [3.8, 4) is 0 Å². The molecule has 1 amide bonds. The van der Waals surface area contributed by atoms with E-state index in [1.165, 1.54) is 0 Å². The third-order valence-corrected chi connectivity index (χ3v) is 4.70. The number of halogens is 2. The molecule has 0 aromatic heterocycles. The fraction of sp³-hybridized carbons (Fsp3) is 0.350. The van der Waals surface area contributed by atoms with Crippen molar-refractivity contribution >= 4 is 6.09 Å². The number of carboxylic acid groups (broad SMARTS) is 1. The van der Waals surface area contributed by atoms with Crippen molar-refractivity contribution < 1.29 is 28.5 Å². The molecule has 150 valence electrons. The second-order valence-electron chi connectivity index (χ2n) is 6.78. The van der Waals surface area contributed by atoms with Crippen LogP contribution in [0.25, 0.3) is 0 Å². The molecule has 0 spiro atoms. The van der Waals surface area contributed by atoms with Crippen molar-refractivity contribution in [2.24, 2.45) is 0 Å². The average Bonchev–Trinajstić information content (AvgIpc) is 2.64. The van der Waals surface area contributed by atoms with E-state index in [4.69, 9.17) is 9.84 Å². The maximum absolute atomic E-state index is 13.4. The van der Waals surface area contributed by atoms with Crippen LogP contribution in [0.15, 0.2) is 42.5 Å². The SMILES string of the molecule is O=C(O)N[C@@H](Cc1cc(F)cc(F)c1)[C@@H](O)CNC1COCc2ccccc21. The smallest absolute Gasteiger partial charge is 0.404 e. The summed E-state index contributed by atoms with van der Waals surface area (Å²) in [5, 5.41) is 25.0. The normalized spacial score (nSPS) is 18.2. The summed E-state index contributed by atoms with van der Waals surface area (Å²) in [6.07, 6.45) is -2.49. The second-order valence-corrected chi connectivity index (χ2v) is 6.78. The number of hydrogen-bond donors (Lipinski definition) is 4. The molecule has 0 saturated heterocycles. The van der Waals surface area contributed by atoms with E-state index in [2.05, 4.69) is 10.6 Å². The lowest BCUT2D eigenvalue weighted by Gasteiger charge is -2.29. The molecule has 0 aliphatic carbocycles. The summed E-state index contributed by atoms with van der Waals surface area (Å²) >= 11 is 0. The van der Waals surface area contributed by atoms with Crippen molar-refractivity contribution in [1.82, 2.24) is 10.6 Å². The molecule has 6 nitrogen and oxygen atoms in total. The van der Waals surface area contributed by atoms with E-state index in [1.54, 1.807) is 0 Å². The number of nitrogens with one attached hydrogen (secondary N) is 2. The summed E-state index contributed by atoms with van der Waals surface area (Å²) in [5.74, 6) is -1.51. The van der Waals surface area contributed by atoms with E-state index in [0.29, 0.717) is 13.2 Å². The average molecular weight is 392 g/mol. The minimum Gasteiger partial charge on any atom is -0.465 e. The van der Waals surface area contributed by atoms with E-state index < -0.39 is 29.9 Å². The van der Waals surface area contributed by atoms with Gasteiger partial charge < -0.3 is 25.6 Å². The molecule has 1 aliphatic rings. The minimum absolute atomic E-state index is 0.0540. The molecule has 1 heterocycles. The summed E-state index contributed by atoms with van der Waals surface area (Å²) in [7, 11) is 0. The summed E-state index contributed by atoms with van der Waals surface area (Å²) in [5.41, 5.74) is 2.37. The maximum Gasteiger partial charge on any atom is 0.404 e. The van der Waals surface area contributed by atoms with Gasteiger partial charge in [-0.2, -0.15) is 0 Å². The molecule has 4 N–H and O–H groups in total. The topological polar surface area (TPSA) is 90.8 Å². The van der Waals surface area contributed by atoms with E-state index >= 15 is 0 Å². The van der Waals surface area contributed by atoms with Crippen molar-refractivity contribution in [1.29, 1.82) is 0 Å². The molecular formula is C20H22F2N2O4. The Hall–Kier alpha value is -2.55. The van der Waals surface area contributed by atoms with Crippen LogP contribution in [-0.2, 0) is 17.8 Å². The zero-order valence-corrected chi connectivity index (χ0v) is 15.1. The molecular weight excluding hydrogens is 370 g/mol. The zero-order chi connectivity index (χ0) is 20.1. The molecule has 2 aromatic rings. The van der Waals surface area contributed by atoms with Crippen LogP contribution in [0, 0.1) is 11.6 Å². The summed E-state index contributed by atoms with van der Waals surface area (Å²) < 4.78 is 32.4. The van der Waals surface area contributed by atoms with Crippen LogP contribution in [0.3, 0.4) is 0 Å². The standard InChI is InChI=1S/C20H22F2N2O4/c21-14-5-12(6-15(22)8-14)7-17(24-20(26)27)19(25)9-23-18-11-28-10-13-3-1-2-4-16(13)18/h1-6,8,17-19,23-25H,7,9-11H2,(H,26,27)/t17-,18?,19-/m0/s1. The monoisotopic (exact) mass is 392 g/mol. The van der Waals surface area contributed by atoms with Gasteiger partial charge >= 0.3 is 6.09 Å². The highest BCUT2D eigenvalue weighted by molar-refractivity contribution is 5.65. The Bertz CT molecular complexity index is 813. The summed E-state index contributed by atoms with van der Waals surface area (Å²) in [6, 6.07) is 9.67. The Morgan fingerprint density at radius 1 is 1.21 bits per heavy atom. The molecule has 0 saturated carbocycles. The van der Waals surface area contributed by atoms with Gasteiger partial charge in [-0.1, -0.05) is 24.3 Å². The van der Waals surface area contributed by atoms with Gasteiger partial charge in [0.05, 0.1) is 31.4 Å².